The Morgan fingerprint density at radius 2 is 2.05 bits per heavy atom. The smallest absolute Gasteiger partial charge is 0.319 e. The Hall–Kier alpha value is -1.59. The van der Waals surface area contributed by atoms with Crippen LogP contribution in [0.25, 0.3) is 0 Å². The van der Waals surface area contributed by atoms with Gasteiger partial charge < -0.3 is 21.1 Å². The molecule has 0 spiro atoms. The van der Waals surface area contributed by atoms with Crippen molar-refractivity contribution >= 4 is 11.7 Å². The lowest BCUT2D eigenvalue weighted by Gasteiger charge is -2.29. The van der Waals surface area contributed by atoms with Crippen molar-refractivity contribution in [3.05, 3.63) is 29.3 Å². The summed E-state index contributed by atoms with van der Waals surface area (Å²) in [6, 6.07) is 5.37. The average Bonchev–Trinajstić information content (AvgIpc) is 2.37. The van der Waals surface area contributed by atoms with E-state index in [0.29, 0.717) is 13.0 Å². The second-order valence-electron chi connectivity index (χ2n) is 5.03. The Labute approximate surface area is 113 Å². The number of aliphatic hydroxyl groups is 1. The number of hydrogen-bond donors (Lipinski definition) is 4. The number of piperidine rings is 1. The van der Waals surface area contributed by atoms with Gasteiger partial charge in [0.25, 0.3) is 0 Å². The minimum atomic E-state index is -0.482. The van der Waals surface area contributed by atoms with E-state index >= 15 is 0 Å². The summed E-state index contributed by atoms with van der Waals surface area (Å²) >= 11 is 0. The molecule has 104 valence electrons. The molecular weight excluding hydrogens is 242 g/mol. The van der Waals surface area contributed by atoms with Gasteiger partial charge in [0.1, 0.15) is 0 Å². The van der Waals surface area contributed by atoms with Crippen LogP contribution in [-0.4, -0.2) is 36.4 Å². The molecule has 1 heterocycles. The number of carbonyl (C=O) groups is 1. The van der Waals surface area contributed by atoms with Gasteiger partial charge in [0.15, 0.2) is 0 Å². The number of nitrogens with one attached hydrogen (secondary N) is 3. The molecule has 5 nitrogen and oxygen atoms in total. The summed E-state index contributed by atoms with van der Waals surface area (Å²) in [6.45, 7) is 5.30. The number of urea groups is 1. The first-order valence-corrected chi connectivity index (χ1v) is 6.60. The van der Waals surface area contributed by atoms with Gasteiger partial charge in [0, 0.05) is 12.2 Å². The van der Waals surface area contributed by atoms with E-state index in [1.807, 2.05) is 32.0 Å². The number of anilines is 1. The number of para-hydroxylation sites is 1. The fourth-order valence-corrected chi connectivity index (χ4v) is 2.32. The quantitative estimate of drug-likeness (QED) is 0.646. The fraction of sp³-hybridized carbons (Fsp3) is 0.500. The van der Waals surface area contributed by atoms with Gasteiger partial charge in [-0.2, -0.15) is 0 Å². The first kappa shape index (κ1) is 13.8. The van der Waals surface area contributed by atoms with Crippen LogP contribution in [0.5, 0.6) is 0 Å². The second kappa shape index (κ2) is 6.04. The monoisotopic (exact) mass is 263 g/mol. The highest BCUT2D eigenvalue weighted by Gasteiger charge is 2.24. The van der Waals surface area contributed by atoms with Crippen LogP contribution in [0.4, 0.5) is 10.5 Å². The van der Waals surface area contributed by atoms with Crippen LogP contribution in [0.2, 0.25) is 0 Å². The summed E-state index contributed by atoms with van der Waals surface area (Å²) in [5, 5.41) is 18.6. The Kier molecular flexibility index (Phi) is 4.39. The highest BCUT2D eigenvalue weighted by atomic mass is 16.3. The van der Waals surface area contributed by atoms with Crippen molar-refractivity contribution in [2.45, 2.75) is 32.4 Å². The molecule has 1 aliphatic heterocycles. The molecule has 0 unspecified atom stereocenters. The van der Waals surface area contributed by atoms with E-state index < -0.39 is 6.10 Å². The van der Waals surface area contributed by atoms with E-state index in [1.54, 1.807) is 0 Å². The van der Waals surface area contributed by atoms with Crippen molar-refractivity contribution in [1.29, 1.82) is 0 Å². The van der Waals surface area contributed by atoms with E-state index in [0.717, 1.165) is 23.4 Å². The summed E-state index contributed by atoms with van der Waals surface area (Å²) in [7, 11) is 0. The van der Waals surface area contributed by atoms with Gasteiger partial charge in [0.05, 0.1) is 12.1 Å². The third-order valence-corrected chi connectivity index (χ3v) is 3.48. The Balaban J connectivity index is 1.97. The molecule has 0 aromatic heterocycles. The van der Waals surface area contributed by atoms with Gasteiger partial charge in [-0.05, 0) is 37.9 Å². The molecule has 2 atom stereocenters. The number of aryl methyl sites for hydroxylation is 2. The number of hydrogen-bond acceptors (Lipinski definition) is 3. The molecule has 0 radical (unpaired) electrons. The molecule has 1 aromatic carbocycles. The third kappa shape index (κ3) is 3.45. The number of rotatable bonds is 2. The van der Waals surface area contributed by atoms with E-state index in [4.69, 9.17) is 0 Å². The molecule has 4 N–H and O–H groups in total. The predicted octanol–water partition coefficient (Wildman–Crippen LogP) is 1.15. The summed E-state index contributed by atoms with van der Waals surface area (Å²) in [6.07, 6.45) is 0.180. The van der Waals surface area contributed by atoms with Gasteiger partial charge in [-0.1, -0.05) is 18.2 Å². The summed E-state index contributed by atoms with van der Waals surface area (Å²) in [5.74, 6) is 0. The first-order chi connectivity index (χ1) is 9.08. The van der Waals surface area contributed by atoms with Crippen LogP contribution in [0.1, 0.15) is 17.5 Å². The molecule has 1 saturated heterocycles. The maximum absolute atomic E-state index is 12.0. The number of aliphatic hydroxyl groups excluding tert-OH is 1. The van der Waals surface area contributed by atoms with E-state index in [1.165, 1.54) is 0 Å². The molecule has 19 heavy (non-hydrogen) atoms. The van der Waals surface area contributed by atoms with Crippen molar-refractivity contribution in [3.63, 3.8) is 0 Å². The van der Waals surface area contributed by atoms with Crippen molar-refractivity contribution in [2.24, 2.45) is 0 Å². The summed E-state index contributed by atoms with van der Waals surface area (Å²) in [4.78, 5) is 12.0. The minimum absolute atomic E-state index is 0.238. The molecule has 0 bridgehead atoms. The van der Waals surface area contributed by atoms with E-state index in [-0.39, 0.29) is 12.1 Å². The lowest BCUT2D eigenvalue weighted by molar-refractivity contribution is 0.103. The van der Waals surface area contributed by atoms with Crippen molar-refractivity contribution in [3.8, 4) is 0 Å². The molecule has 2 amide bonds. The minimum Gasteiger partial charge on any atom is -0.391 e. The number of amides is 2. The lowest BCUT2D eigenvalue weighted by Crippen LogP contribution is -2.54. The SMILES string of the molecule is Cc1cccc(C)c1NC(=O)N[C@@H]1CNCC[C@H]1O. The molecule has 0 aliphatic carbocycles. The van der Waals surface area contributed by atoms with Crippen LogP contribution in [0.3, 0.4) is 0 Å². The summed E-state index contributed by atoms with van der Waals surface area (Å²) in [5.41, 5.74) is 2.88. The van der Waals surface area contributed by atoms with E-state index in [9.17, 15) is 9.90 Å². The van der Waals surface area contributed by atoms with Crippen LogP contribution in [0, 0.1) is 13.8 Å². The fourth-order valence-electron chi connectivity index (χ4n) is 2.32. The highest BCUT2D eigenvalue weighted by Crippen LogP contribution is 2.19. The Bertz CT molecular complexity index is 442. The first-order valence-electron chi connectivity index (χ1n) is 6.60. The maximum atomic E-state index is 12.0. The molecule has 1 aliphatic rings. The molecule has 2 rings (SSSR count). The standard InChI is InChI=1S/C14H21N3O2/c1-9-4-3-5-10(2)13(9)17-14(19)16-11-8-15-7-6-12(11)18/h3-5,11-12,15,18H,6-8H2,1-2H3,(H2,16,17,19)/t11-,12-/m1/s1. The van der Waals surface area contributed by atoms with Crippen LogP contribution < -0.4 is 16.0 Å². The van der Waals surface area contributed by atoms with Gasteiger partial charge in [-0.3, -0.25) is 0 Å². The molecular formula is C14H21N3O2. The zero-order valence-corrected chi connectivity index (χ0v) is 11.4. The molecule has 5 heteroatoms. The lowest BCUT2D eigenvalue weighted by atomic mass is 10.0. The Morgan fingerprint density at radius 3 is 2.68 bits per heavy atom. The zero-order chi connectivity index (χ0) is 13.8. The topological polar surface area (TPSA) is 73.4 Å². The predicted molar refractivity (Wildman–Crippen MR) is 75.4 cm³/mol. The second-order valence-corrected chi connectivity index (χ2v) is 5.03. The number of benzene rings is 1. The van der Waals surface area contributed by atoms with E-state index in [2.05, 4.69) is 16.0 Å². The Morgan fingerprint density at radius 1 is 1.37 bits per heavy atom. The third-order valence-electron chi connectivity index (χ3n) is 3.48. The highest BCUT2D eigenvalue weighted by molar-refractivity contribution is 5.91. The number of carbonyl (C=O) groups excluding carboxylic acids is 1. The summed E-state index contributed by atoms with van der Waals surface area (Å²) < 4.78 is 0. The molecule has 1 aromatic rings. The van der Waals surface area contributed by atoms with Crippen LogP contribution in [-0.2, 0) is 0 Å². The maximum Gasteiger partial charge on any atom is 0.319 e. The van der Waals surface area contributed by atoms with Gasteiger partial charge >= 0.3 is 6.03 Å². The van der Waals surface area contributed by atoms with Crippen molar-refractivity contribution < 1.29 is 9.90 Å². The normalized spacial score (nSPS) is 22.9. The van der Waals surface area contributed by atoms with Gasteiger partial charge in [0.2, 0.25) is 0 Å². The zero-order valence-electron chi connectivity index (χ0n) is 11.4. The van der Waals surface area contributed by atoms with Gasteiger partial charge in [-0.25, -0.2) is 4.79 Å². The van der Waals surface area contributed by atoms with Crippen molar-refractivity contribution in [2.75, 3.05) is 18.4 Å². The van der Waals surface area contributed by atoms with Crippen LogP contribution in [0.15, 0.2) is 18.2 Å². The molecule has 1 fully saturated rings. The largest absolute Gasteiger partial charge is 0.391 e. The van der Waals surface area contributed by atoms with Crippen molar-refractivity contribution in [1.82, 2.24) is 10.6 Å². The molecule has 0 saturated carbocycles. The van der Waals surface area contributed by atoms with Crippen LogP contribution >= 0.6 is 0 Å². The van der Waals surface area contributed by atoms with Gasteiger partial charge in [-0.15, -0.1) is 0 Å². The average molecular weight is 263 g/mol.